The second-order valence-corrected chi connectivity index (χ2v) is 7.06. The third kappa shape index (κ3) is 6.95. The van der Waals surface area contributed by atoms with Crippen molar-refractivity contribution in [3.05, 3.63) is 34.9 Å². The van der Waals surface area contributed by atoms with Gasteiger partial charge in [-0.05, 0) is 50.2 Å². The molecule has 1 saturated heterocycles. The molecule has 1 aliphatic rings. The number of halogens is 1. The van der Waals surface area contributed by atoms with Crippen LogP contribution in [0.15, 0.2) is 24.3 Å². The Hall–Kier alpha value is -1.02. The Bertz CT molecular complexity index is 468. The van der Waals surface area contributed by atoms with Gasteiger partial charge in [0.1, 0.15) is 0 Å². The molecule has 0 atom stereocenters. The molecule has 1 aliphatic heterocycles. The van der Waals surface area contributed by atoms with Crippen LogP contribution in [0.5, 0.6) is 0 Å². The SMILES string of the molecule is O=C(CCCCCCCCc1ccccc1Cl)N1CCCCC1. The van der Waals surface area contributed by atoms with Crippen LogP contribution in [-0.2, 0) is 11.2 Å². The average Bonchev–Trinajstić information content (AvgIpc) is 2.59. The van der Waals surface area contributed by atoms with Crippen molar-refractivity contribution >= 4 is 17.5 Å². The molecule has 0 bridgehead atoms. The molecule has 0 N–H and O–H groups in total. The summed E-state index contributed by atoms with van der Waals surface area (Å²) < 4.78 is 0. The van der Waals surface area contributed by atoms with Crippen LogP contribution in [-0.4, -0.2) is 23.9 Å². The average molecular weight is 336 g/mol. The molecule has 1 amide bonds. The van der Waals surface area contributed by atoms with E-state index >= 15 is 0 Å². The van der Waals surface area contributed by atoms with Gasteiger partial charge >= 0.3 is 0 Å². The van der Waals surface area contributed by atoms with E-state index in [9.17, 15) is 4.79 Å². The zero-order valence-electron chi connectivity index (χ0n) is 14.2. The van der Waals surface area contributed by atoms with E-state index in [1.807, 2.05) is 12.1 Å². The summed E-state index contributed by atoms with van der Waals surface area (Å²) in [6.45, 7) is 1.97. The second-order valence-electron chi connectivity index (χ2n) is 6.65. The number of piperidine rings is 1. The van der Waals surface area contributed by atoms with Crippen LogP contribution in [0.2, 0.25) is 5.02 Å². The Labute approximate surface area is 146 Å². The number of likely N-dealkylation sites (tertiary alicyclic amines) is 1. The number of carbonyl (C=O) groups is 1. The van der Waals surface area contributed by atoms with Crippen molar-refractivity contribution in [1.82, 2.24) is 4.90 Å². The molecule has 0 aromatic heterocycles. The van der Waals surface area contributed by atoms with Crippen molar-refractivity contribution in [3.63, 3.8) is 0 Å². The molecule has 3 heteroatoms. The normalized spacial score (nSPS) is 14.9. The van der Waals surface area contributed by atoms with Crippen molar-refractivity contribution in [2.75, 3.05) is 13.1 Å². The van der Waals surface area contributed by atoms with E-state index in [1.165, 1.54) is 56.9 Å². The van der Waals surface area contributed by atoms with Gasteiger partial charge in [0.25, 0.3) is 0 Å². The number of hydrogen-bond acceptors (Lipinski definition) is 1. The van der Waals surface area contributed by atoms with Crippen LogP contribution in [0.4, 0.5) is 0 Å². The van der Waals surface area contributed by atoms with Crippen molar-refractivity contribution in [3.8, 4) is 0 Å². The second kappa shape index (κ2) is 10.7. The summed E-state index contributed by atoms with van der Waals surface area (Å²) in [5.74, 6) is 0.378. The van der Waals surface area contributed by atoms with E-state index in [0.29, 0.717) is 5.91 Å². The van der Waals surface area contributed by atoms with E-state index < -0.39 is 0 Å². The lowest BCUT2D eigenvalue weighted by Crippen LogP contribution is -2.35. The quantitative estimate of drug-likeness (QED) is 0.536. The van der Waals surface area contributed by atoms with Crippen molar-refractivity contribution in [1.29, 1.82) is 0 Å². The van der Waals surface area contributed by atoms with Crippen LogP contribution in [0.3, 0.4) is 0 Å². The third-order valence-electron chi connectivity index (χ3n) is 4.75. The number of amides is 1. The molecule has 1 fully saturated rings. The fourth-order valence-electron chi connectivity index (χ4n) is 3.30. The maximum Gasteiger partial charge on any atom is 0.222 e. The minimum absolute atomic E-state index is 0.378. The summed E-state index contributed by atoms with van der Waals surface area (Å²) in [6, 6.07) is 8.13. The summed E-state index contributed by atoms with van der Waals surface area (Å²) in [7, 11) is 0. The summed E-state index contributed by atoms with van der Waals surface area (Å²) in [5, 5.41) is 0.892. The van der Waals surface area contributed by atoms with Crippen LogP contribution in [0, 0.1) is 0 Å². The highest BCUT2D eigenvalue weighted by atomic mass is 35.5. The Morgan fingerprint density at radius 3 is 2.30 bits per heavy atom. The van der Waals surface area contributed by atoms with Gasteiger partial charge in [-0.1, -0.05) is 55.5 Å². The minimum Gasteiger partial charge on any atom is -0.343 e. The zero-order chi connectivity index (χ0) is 16.3. The van der Waals surface area contributed by atoms with E-state index in [4.69, 9.17) is 11.6 Å². The van der Waals surface area contributed by atoms with Gasteiger partial charge in [-0.3, -0.25) is 4.79 Å². The number of rotatable bonds is 9. The molecular formula is C20H30ClNO. The molecule has 23 heavy (non-hydrogen) atoms. The fraction of sp³-hybridized carbons (Fsp3) is 0.650. The standard InChI is InChI=1S/C20H30ClNO/c21-19-14-9-8-13-18(19)12-6-3-1-2-4-7-15-20(23)22-16-10-5-11-17-22/h8-9,13-14H,1-7,10-12,15-17H2. The highest BCUT2D eigenvalue weighted by molar-refractivity contribution is 6.31. The molecule has 1 aromatic rings. The topological polar surface area (TPSA) is 20.3 Å². The van der Waals surface area contributed by atoms with Crippen molar-refractivity contribution < 1.29 is 4.79 Å². The first-order valence-electron chi connectivity index (χ1n) is 9.28. The number of aryl methyl sites for hydroxylation is 1. The first-order chi connectivity index (χ1) is 11.3. The van der Waals surface area contributed by atoms with E-state index in [-0.39, 0.29) is 0 Å². The van der Waals surface area contributed by atoms with Crippen LogP contribution in [0.25, 0.3) is 0 Å². The summed E-state index contributed by atoms with van der Waals surface area (Å²) >= 11 is 6.16. The van der Waals surface area contributed by atoms with Gasteiger partial charge in [0.05, 0.1) is 0 Å². The summed E-state index contributed by atoms with van der Waals surface area (Å²) in [6.07, 6.45) is 12.7. The highest BCUT2D eigenvalue weighted by Gasteiger charge is 2.15. The summed E-state index contributed by atoms with van der Waals surface area (Å²) in [5.41, 5.74) is 1.27. The molecular weight excluding hydrogens is 306 g/mol. The Kier molecular flexibility index (Phi) is 8.52. The van der Waals surface area contributed by atoms with Crippen LogP contribution < -0.4 is 0 Å². The number of carbonyl (C=O) groups excluding carboxylic acids is 1. The smallest absolute Gasteiger partial charge is 0.222 e. The van der Waals surface area contributed by atoms with Gasteiger partial charge in [0, 0.05) is 24.5 Å². The minimum atomic E-state index is 0.378. The fourth-order valence-corrected chi connectivity index (χ4v) is 3.53. The first kappa shape index (κ1) is 18.3. The number of unbranched alkanes of at least 4 members (excludes halogenated alkanes) is 5. The van der Waals surface area contributed by atoms with Crippen LogP contribution in [0.1, 0.15) is 69.8 Å². The third-order valence-corrected chi connectivity index (χ3v) is 5.12. The first-order valence-corrected chi connectivity index (χ1v) is 9.66. The molecule has 0 saturated carbocycles. The van der Waals surface area contributed by atoms with Gasteiger partial charge in [0.2, 0.25) is 5.91 Å². The molecule has 1 heterocycles. The number of hydrogen-bond donors (Lipinski definition) is 0. The molecule has 0 unspecified atom stereocenters. The Morgan fingerprint density at radius 1 is 0.913 bits per heavy atom. The lowest BCUT2D eigenvalue weighted by molar-refractivity contribution is -0.132. The maximum absolute atomic E-state index is 12.0. The monoisotopic (exact) mass is 335 g/mol. The van der Waals surface area contributed by atoms with Gasteiger partial charge in [0.15, 0.2) is 0 Å². The molecule has 2 rings (SSSR count). The molecule has 1 aromatic carbocycles. The van der Waals surface area contributed by atoms with E-state index in [2.05, 4.69) is 17.0 Å². The zero-order valence-corrected chi connectivity index (χ0v) is 15.0. The number of nitrogens with zero attached hydrogens (tertiary/aromatic N) is 1. The molecule has 0 aliphatic carbocycles. The predicted octanol–water partition coefficient (Wildman–Crippen LogP) is 5.63. The molecule has 0 radical (unpaired) electrons. The largest absolute Gasteiger partial charge is 0.343 e. The van der Waals surface area contributed by atoms with Gasteiger partial charge in [-0.2, -0.15) is 0 Å². The van der Waals surface area contributed by atoms with E-state index in [0.717, 1.165) is 37.4 Å². The lowest BCUT2D eigenvalue weighted by Gasteiger charge is -2.26. The highest BCUT2D eigenvalue weighted by Crippen LogP contribution is 2.18. The summed E-state index contributed by atoms with van der Waals surface area (Å²) in [4.78, 5) is 14.1. The lowest BCUT2D eigenvalue weighted by atomic mass is 10.0. The van der Waals surface area contributed by atoms with Crippen molar-refractivity contribution in [2.45, 2.75) is 70.6 Å². The molecule has 2 nitrogen and oxygen atoms in total. The maximum atomic E-state index is 12.0. The van der Waals surface area contributed by atoms with Crippen molar-refractivity contribution in [2.24, 2.45) is 0 Å². The van der Waals surface area contributed by atoms with E-state index in [1.54, 1.807) is 0 Å². The molecule has 128 valence electrons. The Balaban J connectivity index is 1.45. The number of benzene rings is 1. The van der Waals surface area contributed by atoms with Gasteiger partial charge < -0.3 is 4.90 Å². The van der Waals surface area contributed by atoms with Crippen LogP contribution >= 0.6 is 11.6 Å². The molecule has 0 spiro atoms. The Morgan fingerprint density at radius 2 is 1.57 bits per heavy atom. The predicted molar refractivity (Wildman–Crippen MR) is 97.9 cm³/mol. The van der Waals surface area contributed by atoms with Gasteiger partial charge in [-0.25, -0.2) is 0 Å². The van der Waals surface area contributed by atoms with Gasteiger partial charge in [-0.15, -0.1) is 0 Å².